The highest BCUT2D eigenvalue weighted by Crippen LogP contribution is 2.41. The highest BCUT2D eigenvalue weighted by Gasteiger charge is 2.19. The summed E-state index contributed by atoms with van der Waals surface area (Å²) in [6.07, 6.45) is 0. The predicted octanol–water partition coefficient (Wildman–Crippen LogP) is 11.0. The lowest BCUT2D eigenvalue weighted by Crippen LogP contribution is -1.99. The van der Waals surface area contributed by atoms with Crippen LogP contribution >= 0.6 is 0 Å². The van der Waals surface area contributed by atoms with Crippen LogP contribution in [0.3, 0.4) is 0 Å². The van der Waals surface area contributed by atoms with Crippen LogP contribution in [-0.4, -0.2) is 9.13 Å². The van der Waals surface area contributed by atoms with Crippen LogP contribution in [0.1, 0.15) is 11.1 Å². The van der Waals surface area contributed by atoms with Crippen molar-refractivity contribution in [2.75, 3.05) is 0 Å². The maximum Gasteiger partial charge on any atom is 0.0998 e. The first kappa shape index (κ1) is 27.4. The van der Waals surface area contributed by atoms with Crippen molar-refractivity contribution < 1.29 is 0 Å². The van der Waals surface area contributed by atoms with Gasteiger partial charge in [0.15, 0.2) is 0 Å². The molecule has 0 aliphatic rings. The van der Waals surface area contributed by atoms with Gasteiger partial charge < -0.3 is 9.13 Å². The Morgan fingerprint density at radius 2 is 0.979 bits per heavy atom. The fraction of sp³-hybridized carbons (Fsp3) is 0. The van der Waals surface area contributed by atoms with Gasteiger partial charge >= 0.3 is 0 Å². The average Bonchev–Trinajstić information content (AvgIpc) is 3.67. The molecule has 9 aromatic rings. The summed E-state index contributed by atoms with van der Waals surface area (Å²) in [5, 5.41) is 24.5. The van der Waals surface area contributed by atoms with E-state index in [-0.39, 0.29) is 0 Å². The zero-order valence-electron chi connectivity index (χ0n) is 25.8. The van der Waals surface area contributed by atoms with E-state index in [0.29, 0.717) is 11.1 Å². The van der Waals surface area contributed by atoms with E-state index < -0.39 is 0 Å². The van der Waals surface area contributed by atoms with E-state index in [1.165, 1.54) is 10.8 Å². The van der Waals surface area contributed by atoms with Crippen molar-refractivity contribution in [1.82, 2.24) is 9.13 Å². The van der Waals surface area contributed by atoms with E-state index in [4.69, 9.17) is 0 Å². The number of fused-ring (bicyclic) bond motifs is 6. The minimum Gasteiger partial charge on any atom is -0.309 e. The van der Waals surface area contributed by atoms with Crippen molar-refractivity contribution in [3.63, 3.8) is 0 Å². The molecule has 4 heteroatoms. The second-order valence-corrected chi connectivity index (χ2v) is 12.0. The van der Waals surface area contributed by atoms with Gasteiger partial charge in [0, 0.05) is 38.4 Å². The summed E-state index contributed by atoms with van der Waals surface area (Å²) < 4.78 is 4.58. The molecule has 0 aliphatic carbocycles. The van der Waals surface area contributed by atoms with Crippen LogP contribution in [0.2, 0.25) is 0 Å². The van der Waals surface area contributed by atoms with E-state index >= 15 is 0 Å². The van der Waals surface area contributed by atoms with Crippen LogP contribution in [0.5, 0.6) is 0 Å². The Kier molecular flexibility index (Phi) is 6.22. The molecule has 9 rings (SSSR count). The van der Waals surface area contributed by atoms with E-state index in [1.54, 1.807) is 0 Å². The molecule has 2 aromatic heterocycles. The number of nitriles is 2. The van der Waals surface area contributed by atoms with E-state index in [0.717, 1.165) is 66.5 Å². The van der Waals surface area contributed by atoms with Gasteiger partial charge in [-0.25, -0.2) is 0 Å². The third kappa shape index (κ3) is 4.07. The molecule has 0 amide bonds. The molecule has 0 radical (unpaired) electrons. The lowest BCUT2D eigenvalue weighted by molar-refractivity contribution is 1.18. The number of para-hydroxylation sites is 4. The van der Waals surface area contributed by atoms with Crippen molar-refractivity contribution in [1.29, 1.82) is 10.5 Å². The van der Waals surface area contributed by atoms with Crippen molar-refractivity contribution in [2.24, 2.45) is 0 Å². The highest BCUT2D eigenvalue weighted by atomic mass is 15.0. The number of hydrogen-bond acceptors (Lipinski definition) is 2. The average molecular weight is 611 g/mol. The van der Waals surface area contributed by atoms with Crippen LogP contribution in [0, 0.1) is 22.7 Å². The van der Waals surface area contributed by atoms with Crippen molar-refractivity contribution in [2.45, 2.75) is 0 Å². The first-order valence-corrected chi connectivity index (χ1v) is 15.9. The molecule has 222 valence electrons. The molecule has 7 aromatic carbocycles. The van der Waals surface area contributed by atoms with Crippen LogP contribution in [0.4, 0.5) is 0 Å². The Morgan fingerprint density at radius 3 is 1.65 bits per heavy atom. The van der Waals surface area contributed by atoms with Gasteiger partial charge in [-0.15, -0.1) is 0 Å². The molecule has 0 aliphatic heterocycles. The Bertz CT molecular complexity index is 2750. The molecule has 0 atom stereocenters. The summed E-state index contributed by atoms with van der Waals surface area (Å²) in [6, 6.07) is 58.9. The Balaban J connectivity index is 1.24. The van der Waals surface area contributed by atoms with Crippen molar-refractivity contribution in [3.05, 3.63) is 169 Å². The zero-order chi connectivity index (χ0) is 32.2. The fourth-order valence-electron chi connectivity index (χ4n) is 7.36. The van der Waals surface area contributed by atoms with Gasteiger partial charge in [-0.1, -0.05) is 97.1 Å². The van der Waals surface area contributed by atoms with Crippen LogP contribution < -0.4 is 0 Å². The van der Waals surface area contributed by atoms with E-state index in [1.807, 2.05) is 42.5 Å². The fourth-order valence-corrected chi connectivity index (χ4v) is 7.36. The minimum absolute atomic E-state index is 0.623. The second kappa shape index (κ2) is 10.9. The molecule has 0 unspecified atom stereocenters. The van der Waals surface area contributed by atoms with Gasteiger partial charge in [0.25, 0.3) is 0 Å². The quantitative estimate of drug-likeness (QED) is 0.199. The first-order chi connectivity index (χ1) is 23.7. The monoisotopic (exact) mass is 610 g/mol. The highest BCUT2D eigenvalue weighted by molar-refractivity contribution is 6.11. The SMILES string of the molecule is N#Cc1ccc2c(c1)c1ccccc1n2-c1ccc(-c2c(C#N)cccc2-c2ccccc2-n2c3ccccc3c3ccccc32)cc1. The number of benzene rings is 7. The molecule has 0 saturated carbocycles. The third-order valence-electron chi connectivity index (χ3n) is 9.42. The summed E-state index contributed by atoms with van der Waals surface area (Å²) in [6.45, 7) is 0. The number of aromatic nitrogens is 2. The molecule has 0 saturated heterocycles. The molecule has 0 spiro atoms. The van der Waals surface area contributed by atoms with Crippen LogP contribution in [-0.2, 0) is 0 Å². The lowest BCUT2D eigenvalue weighted by Gasteiger charge is -2.18. The van der Waals surface area contributed by atoms with Gasteiger partial charge in [0.1, 0.15) is 0 Å². The first-order valence-electron chi connectivity index (χ1n) is 15.9. The molecule has 48 heavy (non-hydrogen) atoms. The summed E-state index contributed by atoms with van der Waals surface area (Å²) in [4.78, 5) is 0. The van der Waals surface area contributed by atoms with E-state index in [2.05, 4.69) is 137 Å². The molecular formula is C44H26N4. The van der Waals surface area contributed by atoms with Gasteiger partial charge in [0.2, 0.25) is 0 Å². The maximum absolute atomic E-state index is 10.4. The largest absolute Gasteiger partial charge is 0.309 e. The van der Waals surface area contributed by atoms with Gasteiger partial charge in [0.05, 0.1) is 51.0 Å². The van der Waals surface area contributed by atoms with Crippen molar-refractivity contribution >= 4 is 43.6 Å². The summed E-state index contributed by atoms with van der Waals surface area (Å²) in [5.41, 5.74) is 11.7. The Hall–Kier alpha value is -6.88. The van der Waals surface area contributed by atoms with Crippen LogP contribution in [0.25, 0.3) is 77.2 Å². The molecule has 0 bridgehead atoms. The lowest BCUT2D eigenvalue weighted by atomic mass is 9.90. The normalized spacial score (nSPS) is 11.3. The molecule has 0 fully saturated rings. The van der Waals surface area contributed by atoms with Crippen molar-refractivity contribution in [3.8, 4) is 45.8 Å². The zero-order valence-corrected chi connectivity index (χ0v) is 25.8. The van der Waals surface area contributed by atoms with E-state index in [9.17, 15) is 10.5 Å². The standard InChI is InChI=1S/C44H26N4/c45-27-29-20-25-43-38(26-29)36-14-4-5-16-39(36)47(43)32-23-21-30(22-24-32)44-31(28-46)10-9-15-37(44)35-13-3-8-19-42(35)48-40-17-6-1-11-33(40)34-12-2-7-18-41(34)48/h1-26H. The molecule has 2 heterocycles. The molecule has 4 nitrogen and oxygen atoms in total. The number of nitrogens with zero attached hydrogens (tertiary/aromatic N) is 4. The predicted molar refractivity (Wildman–Crippen MR) is 195 cm³/mol. The van der Waals surface area contributed by atoms with Gasteiger partial charge in [-0.05, 0) is 71.8 Å². The maximum atomic E-state index is 10.4. The smallest absolute Gasteiger partial charge is 0.0998 e. The Morgan fingerprint density at radius 1 is 0.417 bits per heavy atom. The summed E-state index contributed by atoms with van der Waals surface area (Å²) in [5.74, 6) is 0. The third-order valence-corrected chi connectivity index (χ3v) is 9.42. The number of rotatable bonds is 4. The van der Waals surface area contributed by atoms with Gasteiger partial charge in [-0.3, -0.25) is 0 Å². The topological polar surface area (TPSA) is 57.4 Å². The second-order valence-electron chi connectivity index (χ2n) is 12.0. The Labute approximate surface area is 277 Å². The number of hydrogen-bond donors (Lipinski definition) is 0. The van der Waals surface area contributed by atoms with Gasteiger partial charge in [-0.2, -0.15) is 10.5 Å². The molecular weight excluding hydrogens is 585 g/mol. The van der Waals surface area contributed by atoms with Crippen LogP contribution in [0.15, 0.2) is 158 Å². The minimum atomic E-state index is 0.623. The summed E-state index contributed by atoms with van der Waals surface area (Å²) >= 11 is 0. The summed E-state index contributed by atoms with van der Waals surface area (Å²) in [7, 11) is 0. The molecule has 0 N–H and O–H groups in total.